The van der Waals surface area contributed by atoms with E-state index < -0.39 is 18.0 Å². The Kier molecular flexibility index (Phi) is 5.52. The van der Waals surface area contributed by atoms with Crippen molar-refractivity contribution in [2.45, 2.75) is 45.1 Å². The van der Waals surface area contributed by atoms with Gasteiger partial charge >= 0.3 is 12.0 Å². The molecule has 0 radical (unpaired) electrons. The van der Waals surface area contributed by atoms with E-state index in [-0.39, 0.29) is 0 Å². The Morgan fingerprint density at radius 2 is 2.29 bits per heavy atom. The highest BCUT2D eigenvalue weighted by molar-refractivity contribution is 5.82. The summed E-state index contributed by atoms with van der Waals surface area (Å²) in [5.74, 6) is -0.999. The van der Waals surface area contributed by atoms with E-state index in [4.69, 9.17) is 5.11 Å². The Morgan fingerprint density at radius 1 is 1.53 bits per heavy atom. The normalized spacial score (nSPS) is 16.2. The van der Waals surface area contributed by atoms with Gasteiger partial charge in [-0.2, -0.15) is 0 Å². The molecule has 0 spiro atoms. The lowest BCUT2D eigenvalue weighted by Crippen LogP contribution is -2.45. The van der Waals surface area contributed by atoms with Crippen molar-refractivity contribution in [3.8, 4) is 0 Å². The van der Waals surface area contributed by atoms with E-state index in [9.17, 15) is 9.59 Å². The minimum absolute atomic E-state index is 0.383. The molecule has 1 aliphatic rings. The molecule has 0 saturated heterocycles. The number of carboxylic acids is 1. The smallest absolute Gasteiger partial charge is 0.326 e. The molecule has 5 heteroatoms. The fourth-order valence-electron chi connectivity index (χ4n) is 1.85. The molecule has 1 aliphatic carbocycles. The van der Waals surface area contributed by atoms with E-state index in [1.54, 1.807) is 6.92 Å². The van der Waals surface area contributed by atoms with Crippen LogP contribution in [0.3, 0.4) is 0 Å². The SMILES string of the molecule is CCC(NC(=O)NCCC1=CCCC1)C(=O)O. The Labute approximate surface area is 101 Å². The van der Waals surface area contributed by atoms with Crippen LogP contribution in [-0.4, -0.2) is 29.7 Å². The molecule has 17 heavy (non-hydrogen) atoms. The molecule has 3 N–H and O–H groups in total. The van der Waals surface area contributed by atoms with Crippen LogP contribution in [0.5, 0.6) is 0 Å². The Balaban J connectivity index is 2.18. The average Bonchev–Trinajstić information content (AvgIpc) is 2.78. The van der Waals surface area contributed by atoms with Crippen molar-refractivity contribution in [2.24, 2.45) is 0 Å². The maximum atomic E-state index is 11.4. The van der Waals surface area contributed by atoms with Gasteiger partial charge in [-0.15, -0.1) is 0 Å². The molecule has 2 amide bonds. The van der Waals surface area contributed by atoms with Crippen LogP contribution in [0.4, 0.5) is 4.79 Å². The van der Waals surface area contributed by atoms with Gasteiger partial charge in [0.15, 0.2) is 0 Å². The summed E-state index contributed by atoms with van der Waals surface area (Å²) < 4.78 is 0. The number of carbonyl (C=O) groups is 2. The van der Waals surface area contributed by atoms with Crippen molar-refractivity contribution in [2.75, 3.05) is 6.54 Å². The van der Waals surface area contributed by atoms with Crippen molar-refractivity contribution in [3.05, 3.63) is 11.6 Å². The molecule has 0 saturated carbocycles. The fraction of sp³-hybridized carbons (Fsp3) is 0.667. The van der Waals surface area contributed by atoms with Gasteiger partial charge in [0, 0.05) is 6.54 Å². The third-order valence-corrected chi connectivity index (χ3v) is 2.88. The maximum Gasteiger partial charge on any atom is 0.326 e. The zero-order chi connectivity index (χ0) is 12.7. The molecule has 1 unspecified atom stereocenters. The highest BCUT2D eigenvalue weighted by Gasteiger charge is 2.16. The number of nitrogens with one attached hydrogen (secondary N) is 2. The topological polar surface area (TPSA) is 78.4 Å². The van der Waals surface area contributed by atoms with Gasteiger partial charge in [0.05, 0.1) is 0 Å². The van der Waals surface area contributed by atoms with Crippen molar-refractivity contribution < 1.29 is 14.7 Å². The number of carboxylic acid groups (broad SMARTS) is 1. The molecule has 96 valence electrons. The monoisotopic (exact) mass is 240 g/mol. The number of aliphatic carboxylic acids is 1. The van der Waals surface area contributed by atoms with Gasteiger partial charge in [-0.3, -0.25) is 0 Å². The van der Waals surface area contributed by atoms with Crippen LogP contribution in [0.1, 0.15) is 39.0 Å². The molecular weight excluding hydrogens is 220 g/mol. The number of hydrogen-bond donors (Lipinski definition) is 3. The number of rotatable bonds is 6. The van der Waals surface area contributed by atoms with Crippen LogP contribution >= 0.6 is 0 Å². The van der Waals surface area contributed by atoms with Gasteiger partial charge in [-0.1, -0.05) is 18.6 Å². The second-order valence-electron chi connectivity index (χ2n) is 4.20. The zero-order valence-corrected chi connectivity index (χ0v) is 10.2. The molecule has 0 fully saturated rings. The van der Waals surface area contributed by atoms with Crippen molar-refractivity contribution in [1.82, 2.24) is 10.6 Å². The Morgan fingerprint density at radius 3 is 2.82 bits per heavy atom. The summed E-state index contributed by atoms with van der Waals surface area (Å²) in [5, 5.41) is 13.9. The third kappa shape index (κ3) is 4.89. The minimum Gasteiger partial charge on any atom is -0.480 e. The first-order valence-electron chi connectivity index (χ1n) is 6.08. The summed E-state index contributed by atoms with van der Waals surface area (Å²) in [5.41, 5.74) is 1.38. The summed E-state index contributed by atoms with van der Waals surface area (Å²) in [6.45, 7) is 2.29. The van der Waals surface area contributed by atoms with E-state index in [1.807, 2.05) is 0 Å². The third-order valence-electron chi connectivity index (χ3n) is 2.88. The molecule has 0 aliphatic heterocycles. The quantitative estimate of drug-likeness (QED) is 0.618. The van der Waals surface area contributed by atoms with E-state index in [0.717, 1.165) is 19.3 Å². The van der Waals surface area contributed by atoms with E-state index in [2.05, 4.69) is 16.7 Å². The van der Waals surface area contributed by atoms with E-state index >= 15 is 0 Å². The highest BCUT2D eigenvalue weighted by Crippen LogP contribution is 2.19. The predicted molar refractivity (Wildman–Crippen MR) is 64.8 cm³/mol. The molecule has 5 nitrogen and oxygen atoms in total. The van der Waals surface area contributed by atoms with Gasteiger partial charge in [0.1, 0.15) is 6.04 Å². The van der Waals surface area contributed by atoms with Gasteiger partial charge < -0.3 is 15.7 Å². The molecule has 1 atom stereocenters. The van der Waals surface area contributed by atoms with Crippen molar-refractivity contribution in [3.63, 3.8) is 0 Å². The van der Waals surface area contributed by atoms with Gasteiger partial charge in [-0.25, -0.2) is 9.59 Å². The molecule has 0 aromatic carbocycles. The van der Waals surface area contributed by atoms with Crippen LogP contribution in [0.25, 0.3) is 0 Å². The summed E-state index contributed by atoms with van der Waals surface area (Å²) in [4.78, 5) is 22.1. The first-order chi connectivity index (χ1) is 8.13. The standard InChI is InChI=1S/C12H20N2O3/c1-2-10(11(15)16)14-12(17)13-8-7-9-5-3-4-6-9/h5,10H,2-4,6-8H2,1H3,(H,15,16)(H2,13,14,17). The molecule has 0 aromatic heterocycles. The maximum absolute atomic E-state index is 11.4. The number of hydrogen-bond acceptors (Lipinski definition) is 2. The lowest BCUT2D eigenvalue weighted by molar-refractivity contribution is -0.139. The summed E-state index contributed by atoms with van der Waals surface area (Å²) >= 11 is 0. The molecule has 0 heterocycles. The van der Waals surface area contributed by atoms with Gasteiger partial charge in [0.2, 0.25) is 0 Å². The van der Waals surface area contributed by atoms with Crippen LogP contribution < -0.4 is 10.6 Å². The molecule has 0 bridgehead atoms. The fourth-order valence-corrected chi connectivity index (χ4v) is 1.85. The van der Waals surface area contributed by atoms with Crippen LogP contribution in [0, 0.1) is 0 Å². The van der Waals surface area contributed by atoms with Crippen LogP contribution in [0.15, 0.2) is 11.6 Å². The molecular formula is C12H20N2O3. The van der Waals surface area contributed by atoms with E-state index in [1.165, 1.54) is 12.0 Å². The number of amides is 2. The Hall–Kier alpha value is -1.52. The zero-order valence-electron chi connectivity index (χ0n) is 10.2. The predicted octanol–water partition coefficient (Wildman–Crippen LogP) is 1.65. The first-order valence-corrected chi connectivity index (χ1v) is 6.08. The summed E-state index contributed by atoms with van der Waals surface area (Å²) in [7, 11) is 0. The van der Waals surface area contributed by atoms with Crippen LogP contribution in [0.2, 0.25) is 0 Å². The van der Waals surface area contributed by atoms with Gasteiger partial charge in [0.25, 0.3) is 0 Å². The lowest BCUT2D eigenvalue weighted by Gasteiger charge is -2.13. The number of urea groups is 1. The lowest BCUT2D eigenvalue weighted by atomic mass is 10.2. The second kappa shape index (κ2) is 6.93. The largest absolute Gasteiger partial charge is 0.480 e. The average molecular weight is 240 g/mol. The summed E-state index contributed by atoms with van der Waals surface area (Å²) in [6, 6.07) is -1.21. The van der Waals surface area contributed by atoms with Gasteiger partial charge in [-0.05, 0) is 32.1 Å². The molecule has 0 aromatic rings. The molecule has 1 rings (SSSR count). The second-order valence-corrected chi connectivity index (χ2v) is 4.20. The number of allylic oxidation sites excluding steroid dienone is 1. The minimum atomic E-state index is -0.999. The van der Waals surface area contributed by atoms with E-state index in [0.29, 0.717) is 13.0 Å². The Bertz CT molecular complexity index is 313. The van der Waals surface area contributed by atoms with Crippen molar-refractivity contribution in [1.29, 1.82) is 0 Å². The summed E-state index contributed by atoms with van der Waals surface area (Å²) in [6.07, 6.45) is 6.92. The highest BCUT2D eigenvalue weighted by atomic mass is 16.4. The first kappa shape index (κ1) is 13.5. The van der Waals surface area contributed by atoms with Crippen molar-refractivity contribution >= 4 is 12.0 Å². The van der Waals surface area contributed by atoms with Crippen LogP contribution in [-0.2, 0) is 4.79 Å². The number of carbonyl (C=O) groups excluding carboxylic acids is 1.